The Balaban J connectivity index is 1.51. The summed E-state index contributed by atoms with van der Waals surface area (Å²) in [5.74, 6) is -0.615. The zero-order valence-corrected chi connectivity index (χ0v) is 28.5. The van der Waals surface area contributed by atoms with Crippen molar-refractivity contribution in [2.45, 2.75) is 78.8 Å². The van der Waals surface area contributed by atoms with Gasteiger partial charge in [0.1, 0.15) is 0 Å². The molecule has 48 heavy (non-hydrogen) atoms. The first kappa shape index (κ1) is 34.6. The van der Waals surface area contributed by atoms with Crippen LogP contribution < -0.4 is 5.32 Å². The first-order valence-corrected chi connectivity index (χ1v) is 17.1. The second-order valence-corrected chi connectivity index (χ2v) is 12.8. The predicted molar refractivity (Wildman–Crippen MR) is 188 cm³/mol. The molecule has 5 rings (SSSR count). The molecule has 3 amide bonds. The molecular weight excluding hydrogens is 602 g/mol. The van der Waals surface area contributed by atoms with Gasteiger partial charge in [0.15, 0.2) is 5.69 Å². The van der Waals surface area contributed by atoms with E-state index in [0.717, 1.165) is 47.9 Å². The van der Waals surface area contributed by atoms with E-state index < -0.39 is 6.04 Å². The molecule has 2 heterocycles. The highest BCUT2D eigenvalue weighted by Gasteiger charge is 2.32. The van der Waals surface area contributed by atoms with Gasteiger partial charge in [0.25, 0.3) is 11.8 Å². The number of benzene rings is 3. The highest BCUT2D eigenvalue weighted by Crippen LogP contribution is 2.29. The van der Waals surface area contributed by atoms with Gasteiger partial charge in [0.2, 0.25) is 5.91 Å². The summed E-state index contributed by atoms with van der Waals surface area (Å²) >= 11 is 0. The molecule has 0 aliphatic carbocycles. The van der Waals surface area contributed by atoms with E-state index >= 15 is 0 Å². The SMILES string of the molecule is CCCCN(CCCC)C(=O)c1cc(C)n(-c2ccc(NC(=O)Cc3ccc(C)cc3)cc2C(=O)N2Cc3ccccc3C[C@H]2CO)n1. The van der Waals surface area contributed by atoms with Crippen LogP contribution in [0.5, 0.6) is 0 Å². The van der Waals surface area contributed by atoms with Crippen molar-refractivity contribution in [2.24, 2.45) is 0 Å². The van der Waals surface area contributed by atoms with E-state index in [1.165, 1.54) is 0 Å². The van der Waals surface area contributed by atoms with E-state index in [1.54, 1.807) is 33.8 Å². The lowest BCUT2D eigenvalue weighted by atomic mass is 9.93. The summed E-state index contributed by atoms with van der Waals surface area (Å²) in [6.07, 6.45) is 4.52. The van der Waals surface area contributed by atoms with E-state index in [-0.39, 0.29) is 30.7 Å². The Morgan fingerprint density at radius 3 is 2.27 bits per heavy atom. The predicted octanol–water partition coefficient (Wildman–Crippen LogP) is 6.27. The highest BCUT2D eigenvalue weighted by molar-refractivity contribution is 6.01. The Morgan fingerprint density at radius 1 is 0.917 bits per heavy atom. The van der Waals surface area contributed by atoms with Crippen molar-refractivity contribution in [3.05, 3.63) is 112 Å². The second-order valence-electron chi connectivity index (χ2n) is 12.8. The third kappa shape index (κ3) is 8.02. The standard InChI is InChI=1S/C39H47N5O4/c1-5-7-19-42(20-8-6-2)39(48)35-21-28(4)44(41-35)36-18-17-32(40-37(46)22-29-15-13-27(3)14-16-29)24-34(36)38(47)43-25-31-12-10-9-11-30(31)23-33(43)26-45/h9-18,21,24,33,45H,5-8,19-20,22-23,25-26H2,1-4H3,(H,40,46)/t33-/m0/s1. The van der Waals surface area contributed by atoms with Crippen LogP contribution in [0.3, 0.4) is 0 Å². The topological polar surface area (TPSA) is 108 Å². The van der Waals surface area contributed by atoms with Gasteiger partial charge in [-0.05, 0) is 74.1 Å². The summed E-state index contributed by atoms with van der Waals surface area (Å²) in [5, 5.41) is 18.1. The number of nitrogens with zero attached hydrogens (tertiary/aromatic N) is 4. The number of aliphatic hydroxyl groups is 1. The van der Waals surface area contributed by atoms with Gasteiger partial charge >= 0.3 is 0 Å². The fraction of sp³-hybridized carbons (Fsp3) is 0.385. The van der Waals surface area contributed by atoms with E-state index in [2.05, 4.69) is 19.2 Å². The molecule has 9 nitrogen and oxygen atoms in total. The molecule has 0 saturated carbocycles. The van der Waals surface area contributed by atoms with Gasteiger partial charge in [-0.1, -0.05) is 80.8 Å². The lowest BCUT2D eigenvalue weighted by molar-refractivity contribution is -0.115. The average molecular weight is 650 g/mol. The monoisotopic (exact) mass is 649 g/mol. The van der Waals surface area contributed by atoms with Crippen molar-refractivity contribution in [2.75, 3.05) is 25.0 Å². The number of hydrogen-bond donors (Lipinski definition) is 2. The maximum absolute atomic E-state index is 14.5. The van der Waals surface area contributed by atoms with Gasteiger partial charge in [-0.25, -0.2) is 4.68 Å². The van der Waals surface area contributed by atoms with E-state index in [1.807, 2.05) is 67.3 Å². The fourth-order valence-electron chi connectivity index (χ4n) is 6.21. The third-order valence-corrected chi connectivity index (χ3v) is 9.01. The number of anilines is 1. The van der Waals surface area contributed by atoms with Crippen LogP contribution in [0.4, 0.5) is 5.69 Å². The zero-order chi connectivity index (χ0) is 34.2. The molecule has 1 aliphatic heterocycles. The van der Waals surface area contributed by atoms with Gasteiger partial charge in [-0.15, -0.1) is 0 Å². The minimum Gasteiger partial charge on any atom is -0.394 e. The number of aliphatic hydroxyl groups excluding tert-OH is 1. The van der Waals surface area contributed by atoms with Crippen molar-refractivity contribution in [3.63, 3.8) is 0 Å². The molecule has 0 saturated heterocycles. The van der Waals surface area contributed by atoms with Crippen LogP contribution in [0, 0.1) is 13.8 Å². The van der Waals surface area contributed by atoms with Gasteiger partial charge in [-0.2, -0.15) is 5.10 Å². The minimum atomic E-state index is -0.415. The number of rotatable bonds is 13. The van der Waals surface area contributed by atoms with Crippen LogP contribution in [0.15, 0.2) is 72.8 Å². The van der Waals surface area contributed by atoms with Gasteiger partial charge < -0.3 is 20.2 Å². The second kappa shape index (κ2) is 15.9. The molecule has 1 atom stereocenters. The van der Waals surface area contributed by atoms with Crippen LogP contribution in [-0.2, 0) is 24.2 Å². The zero-order valence-electron chi connectivity index (χ0n) is 28.5. The number of aryl methyl sites for hydroxylation is 2. The van der Waals surface area contributed by atoms with Crippen molar-refractivity contribution in [3.8, 4) is 5.69 Å². The number of hydrogen-bond acceptors (Lipinski definition) is 5. The molecule has 0 unspecified atom stereocenters. The van der Waals surface area contributed by atoms with Crippen molar-refractivity contribution in [1.82, 2.24) is 19.6 Å². The number of fused-ring (bicyclic) bond motifs is 1. The largest absolute Gasteiger partial charge is 0.394 e. The van der Waals surface area contributed by atoms with Gasteiger partial charge in [0.05, 0.1) is 30.3 Å². The molecule has 252 valence electrons. The first-order chi connectivity index (χ1) is 23.2. The highest BCUT2D eigenvalue weighted by atomic mass is 16.3. The van der Waals surface area contributed by atoms with Crippen molar-refractivity contribution < 1.29 is 19.5 Å². The number of aromatic nitrogens is 2. The molecule has 0 bridgehead atoms. The molecule has 4 aromatic rings. The Morgan fingerprint density at radius 2 is 1.60 bits per heavy atom. The lowest BCUT2D eigenvalue weighted by Gasteiger charge is -2.36. The summed E-state index contributed by atoms with van der Waals surface area (Å²) in [7, 11) is 0. The average Bonchev–Trinajstić information content (AvgIpc) is 3.49. The van der Waals surface area contributed by atoms with Gasteiger partial charge in [0, 0.05) is 31.0 Å². The Labute approximate surface area is 283 Å². The molecular formula is C39H47N5O4. The summed E-state index contributed by atoms with van der Waals surface area (Å²) in [6.45, 7) is 9.57. The maximum Gasteiger partial charge on any atom is 0.274 e. The number of nitrogens with one attached hydrogen (secondary N) is 1. The number of carbonyl (C=O) groups is 3. The normalized spacial score (nSPS) is 14.0. The third-order valence-electron chi connectivity index (χ3n) is 9.01. The van der Waals surface area contributed by atoms with E-state index in [0.29, 0.717) is 54.4 Å². The van der Waals surface area contributed by atoms with Crippen molar-refractivity contribution in [1.29, 1.82) is 0 Å². The van der Waals surface area contributed by atoms with Crippen LogP contribution in [0.25, 0.3) is 5.69 Å². The molecule has 9 heteroatoms. The number of carbonyl (C=O) groups excluding carboxylic acids is 3. The summed E-state index contributed by atoms with van der Waals surface area (Å²) < 4.78 is 1.64. The van der Waals surface area contributed by atoms with E-state index in [4.69, 9.17) is 5.10 Å². The number of unbranched alkanes of at least 4 members (excludes halogenated alkanes) is 2. The van der Waals surface area contributed by atoms with Crippen LogP contribution in [0.1, 0.15) is 88.3 Å². The molecule has 2 N–H and O–H groups in total. The molecule has 1 aliphatic rings. The maximum atomic E-state index is 14.5. The fourth-order valence-corrected chi connectivity index (χ4v) is 6.21. The summed E-state index contributed by atoms with van der Waals surface area (Å²) in [5.41, 5.74) is 6.47. The molecule has 0 fully saturated rings. The minimum absolute atomic E-state index is 0.125. The Hall–Kier alpha value is -4.76. The number of amides is 3. The molecule has 0 radical (unpaired) electrons. The molecule has 3 aromatic carbocycles. The van der Waals surface area contributed by atoms with Crippen LogP contribution in [-0.4, -0.2) is 68.1 Å². The van der Waals surface area contributed by atoms with Crippen molar-refractivity contribution >= 4 is 23.4 Å². The van der Waals surface area contributed by atoms with Crippen LogP contribution in [0.2, 0.25) is 0 Å². The first-order valence-electron chi connectivity index (χ1n) is 17.1. The molecule has 0 spiro atoms. The lowest BCUT2D eigenvalue weighted by Crippen LogP contribution is -2.46. The summed E-state index contributed by atoms with van der Waals surface area (Å²) in [4.78, 5) is 44.8. The quantitative estimate of drug-likeness (QED) is 0.178. The Bertz CT molecular complexity index is 1740. The summed E-state index contributed by atoms with van der Waals surface area (Å²) in [6, 6.07) is 22.3. The van der Waals surface area contributed by atoms with E-state index in [9.17, 15) is 19.5 Å². The molecule has 1 aromatic heterocycles. The van der Waals surface area contributed by atoms with Gasteiger partial charge in [-0.3, -0.25) is 14.4 Å². The Kier molecular flexibility index (Phi) is 11.4. The smallest absolute Gasteiger partial charge is 0.274 e. The van der Waals surface area contributed by atoms with Crippen LogP contribution >= 0.6 is 0 Å².